The molecule has 0 saturated carbocycles. The quantitative estimate of drug-likeness (QED) is 0.594. The fraction of sp³-hybridized carbons (Fsp3) is 0.167. The molecule has 0 radical (unpaired) electrons. The van der Waals surface area contributed by atoms with Crippen molar-refractivity contribution in [3.05, 3.63) is 71.5 Å². The van der Waals surface area contributed by atoms with Gasteiger partial charge in [0.15, 0.2) is 5.76 Å². The van der Waals surface area contributed by atoms with Gasteiger partial charge in [0.25, 0.3) is 0 Å². The number of nitrogens with zero attached hydrogens (tertiary/aromatic N) is 1. The number of alkyl halides is 1. The van der Waals surface area contributed by atoms with E-state index in [1.807, 2.05) is 49.4 Å². The summed E-state index contributed by atoms with van der Waals surface area (Å²) in [6, 6.07) is 18.0. The van der Waals surface area contributed by atoms with Crippen molar-refractivity contribution >= 4 is 15.9 Å². The number of hydrogen-bond acceptors (Lipinski definition) is 3. The Labute approximate surface area is 138 Å². The first kappa shape index (κ1) is 14.9. The topological polar surface area (TPSA) is 35.3 Å². The molecule has 4 heteroatoms. The van der Waals surface area contributed by atoms with E-state index in [0.717, 1.165) is 33.9 Å². The molecule has 0 saturated heterocycles. The van der Waals surface area contributed by atoms with Gasteiger partial charge in [-0.3, -0.25) is 0 Å². The van der Waals surface area contributed by atoms with Gasteiger partial charge in [0.2, 0.25) is 0 Å². The van der Waals surface area contributed by atoms with Gasteiger partial charge in [-0.2, -0.15) is 0 Å². The minimum Gasteiger partial charge on any atom is -0.489 e. The minimum absolute atomic E-state index is 0.566. The molecule has 112 valence electrons. The minimum atomic E-state index is 0.566. The van der Waals surface area contributed by atoms with Crippen molar-refractivity contribution in [3.8, 4) is 17.0 Å². The molecule has 22 heavy (non-hydrogen) atoms. The monoisotopic (exact) mass is 357 g/mol. The lowest BCUT2D eigenvalue weighted by Gasteiger charge is -2.07. The molecule has 0 amide bonds. The van der Waals surface area contributed by atoms with Crippen LogP contribution >= 0.6 is 15.9 Å². The van der Waals surface area contributed by atoms with E-state index in [1.165, 1.54) is 0 Å². The van der Waals surface area contributed by atoms with Crippen molar-refractivity contribution in [1.82, 2.24) is 5.16 Å². The number of hydrogen-bond donors (Lipinski definition) is 0. The fourth-order valence-electron chi connectivity index (χ4n) is 2.21. The Bertz CT molecular complexity index is 736. The lowest BCUT2D eigenvalue weighted by molar-refractivity contribution is 0.306. The van der Waals surface area contributed by atoms with E-state index in [1.54, 1.807) is 0 Å². The summed E-state index contributed by atoms with van der Waals surface area (Å²) in [6.45, 7) is 2.58. The van der Waals surface area contributed by atoms with Gasteiger partial charge in [0.1, 0.15) is 18.1 Å². The largest absolute Gasteiger partial charge is 0.489 e. The van der Waals surface area contributed by atoms with E-state index >= 15 is 0 Å². The highest BCUT2D eigenvalue weighted by molar-refractivity contribution is 9.08. The molecule has 0 atom stereocenters. The zero-order chi connectivity index (χ0) is 15.4. The van der Waals surface area contributed by atoms with Crippen LogP contribution in [0.2, 0.25) is 0 Å². The van der Waals surface area contributed by atoms with E-state index in [9.17, 15) is 0 Å². The van der Waals surface area contributed by atoms with Gasteiger partial charge in [-0.15, -0.1) is 0 Å². The summed E-state index contributed by atoms with van der Waals surface area (Å²) in [5, 5.41) is 4.80. The molecule has 0 fully saturated rings. The summed E-state index contributed by atoms with van der Waals surface area (Å²) >= 11 is 3.39. The molecular formula is C18H16BrNO2. The normalized spacial score (nSPS) is 10.6. The molecule has 0 N–H and O–H groups in total. The van der Waals surface area contributed by atoms with E-state index in [0.29, 0.717) is 11.9 Å². The molecule has 0 unspecified atom stereocenters. The average Bonchev–Trinajstić information content (AvgIpc) is 2.95. The van der Waals surface area contributed by atoms with Crippen molar-refractivity contribution in [1.29, 1.82) is 0 Å². The summed E-state index contributed by atoms with van der Waals surface area (Å²) in [4.78, 5) is 0. The molecule has 0 spiro atoms. The van der Waals surface area contributed by atoms with Crippen LogP contribution in [0.25, 0.3) is 11.3 Å². The number of halogens is 1. The van der Waals surface area contributed by atoms with Crippen molar-refractivity contribution in [2.24, 2.45) is 0 Å². The second-order valence-electron chi connectivity index (χ2n) is 5.01. The molecule has 0 aliphatic heterocycles. The molecule has 0 aliphatic rings. The van der Waals surface area contributed by atoms with Gasteiger partial charge in [-0.25, -0.2) is 0 Å². The third-order valence-corrected chi connectivity index (χ3v) is 4.03. The average molecular weight is 358 g/mol. The van der Waals surface area contributed by atoms with Gasteiger partial charge >= 0.3 is 0 Å². The lowest BCUT2D eigenvalue weighted by Crippen LogP contribution is -1.94. The lowest BCUT2D eigenvalue weighted by atomic mass is 10.1. The molecule has 3 nitrogen and oxygen atoms in total. The Balaban J connectivity index is 1.71. The number of ether oxygens (including phenoxy) is 1. The maximum absolute atomic E-state index is 5.79. The van der Waals surface area contributed by atoms with Gasteiger partial charge in [0, 0.05) is 11.1 Å². The van der Waals surface area contributed by atoms with Crippen molar-refractivity contribution in [3.63, 3.8) is 0 Å². The first-order valence-electron chi connectivity index (χ1n) is 7.06. The van der Waals surface area contributed by atoms with Crippen LogP contribution in [0.15, 0.2) is 59.1 Å². The summed E-state index contributed by atoms with van der Waals surface area (Å²) in [5.41, 5.74) is 4.13. The van der Waals surface area contributed by atoms with Crippen LogP contribution in [0.4, 0.5) is 0 Å². The number of aromatic nitrogens is 1. The van der Waals surface area contributed by atoms with Crippen molar-refractivity contribution < 1.29 is 9.26 Å². The highest BCUT2D eigenvalue weighted by atomic mass is 79.9. The Morgan fingerprint density at radius 3 is 2.41 bits per heavy atom. The molecule has 0 aliphatic carbocycles. The van der Waals surface area contributed by atoms with Crippen LogP contribution in [-0.4, -0.2) is 5.16 Å². The predicted molar refractivity (Wildman–Crippen MR) is 90.1 cm³/mol. The fourth-order valence-corrected chi connectivity index (χ4v) is 2.74. The zero-order valence-electron chi connectivity index (χ0n) is 12.3. The third kappa shape index (κ3) is 3.22. The molecule has 3 rings (SSSR count). The van der Waals surface area contributed by atoms with E-state index in [4.69, 9.17) is 9.26 Å². The van der Waals surface area contributed by atoms with Gasteiger partial charge < -0.3 is 9.26 Å². The Hall–Kier alpha value is -2.07. The van der Waals surface area contributed by atoms with Crippen LogP contribution in [0.5, 0.6) is 5.75 Å². The molecule has 1 heterocycles. The van der Waals surface area contributed by atoms with Gasteiger partial charge in [-0.1, -0.05) is 51.4 Å². The molecule has 2 aromatic carbocycles. The summed E-state index contributed by atoms with van der Waals surface area (Å²) in [6.07, 6.45) is 0. The Morgan fingerprint density at radius 2 is 1.77 bits per heavy atom. The van der Waals surface area contributed by atoms with Crippen molar-refractivity contribution in [2.75, 3.05) is 0 Å². The molecule has 0 bridgehead atoms. The molecule has 3 aromatic rings. The van der Waals surface area contributed by atoms with Crippen LogP contribution < -0.4 is 4.74 Å². The molecule has 1 aromatic heterocycles. The van der Waals surface area contributed by atoms with Gasteiger partial charge in [0.05, 0.1) is 5.33 Å². The highest BCUT2D eigenvalue weighted by Gasteiger charge is 2.12. The first-order valence-corrected chi connectivity index (χ1v) is 8.18. The van der Waals surface area contributed by atoms with Crippen LogP contribution in [0, 0.1) is 6.92 Å². The Morgan fingerprint density at radius 1 is 1.05 bits per heavy atom. The maximum atomic E-state index is 5.79. The Kier molecular flexibility index (Phi) is 4.59. The summed E-state index contributed by atoms with van der Waals surface area (Å²) in [7, 11) is 0. The smallest absolute Gasteiger partial charge is 0.150 e. The zero-order valence-corrected chi connectivity index (χ0v) is 13.8. The highest BCUT2D eigenvalue weighted by Crippen LogP contribution is 2.27. The molecular weight excluding hydrogens is 342 g/mol. The SMILES string of the molecule is Cc1c(-c2ccc(OCc3ccccc3)cc2)noc1CBr. The van der Waals surface area contributed by atoms with E-state index in [2.05, 4.69) is 33.2 Å². The summed E-state index contributed by atoms with van der Waals surface area (Å²) in [5.74, 6) is 1.70. The van der Waals surface area contributed by atoms with E-state index in [-0.39, 0.29) is 0 Å². The summed E-state index contributed by atoms with van der Waals surface area (Å²) < 4.78 is 11.1. The second-order valence-corrected chi connectivity index (χ2v) is 5.57. The number of benzene rings is 2. The van der Waals surface area contributed by atoms with Crippen molar-refractivity contribution in [2.45, 2.75) is 18.9 Å². The van der Waals surface area contributed by atoms with Crippen LogP contribution in [0.3, 0.4) is 0 Å². The van der Waals surface area contributed by atoms with E-state index < -0.39 is 0 Å². The predicted octanol–water partition coefficient (Wildman–Crippen LogP) is 5.12. The number of rotatable bonds is 5. The third-order valence-electron chi connectivity index (χ3n) is 3.52. The van der Waals surface area contributed by atoms with Gasteiger partial charge in [-0.05, 0) is 36.8 Å². The van der Waals surface area contributed by atoms with Crippen LogP contribution in [-0.2, 0) is 11.9 Å². The second kappa shape index (κ2) is 6.79. The first-order chi connectivity index (χ1) is 10.8. The standard InChI is InChI=1S/C18H16BrNO2/c1-13-17(11-19)22-20-18(13)15-7-9-16(10-8-15)21-12-14-5-3-2-4-6-14/h2-10H,11-12H2,1H3. The maximum Gasteiger partial charge on any atom is 0.150 e. The van der Waals surface area contributed by atoms with Crippen LogP contribution in [0.1, 0.15) is 16.9 Å².